The Bertz CT molecular complexity index is 269. The number of carboxylic acids is 1. The molecule has 2 unspecified atom stereocenters. The Morgan fingerprint density at radius 2 is 1.83 bits per heavy atom. The number of carboxylic acid groups (broad SMARTS) is 1. The third kappa shape index (κ3) is 7.89. The van der Waals surface area contributed by atoms with Crippen molar-refractivity contribution in [3.63, 3.8) is 0 Å². The van der Waals surface area contributed by atoms with Gasteiger partial charge in [-0.1, -0.05) is 13.8 Å². The number of urea groups is 1. The van der Waals surface area contributed by atoms with Gasteiger partial charge in [0, 0.05) is 12.6 Å². The summed E-state index contributed by atoms with van der Waals surface area (Å²) in [6.45, 7) is 8.50. The molecule has 0 saturated heterocycles. The number of hydrogen-bond acceptors (Lipinski definition) is 3. The SMILES string of the molecule is CCOCC(C)NC(=O)NC(CC(=O)O)C(C)C. The van der Waals surface area contributed by atoms with Gasteiger partial charge in [-0.05, 0) is 19.8 Å². The molecule has 0 aliphatic heterocycles. The first kappa shape index (κ1) is 16.7. The molecule has 0 fully saturated rings. The van der Waals surface area contributed by atoms with E-state index >= 15 is 0 Å². The summed E-state index contributed by atoms with van der Waals surface area (Å²) in [6.07, 6.45) is -0.0784. The molecule has 0 aromatic rings. The fourth-order valence-electron chi connectivity index (χ4n) is 1.41. The number of carbonyl (C=O) groups is 2. The zero-order valence-corrected chi connectivity index (χ0v) is 11.5. The second-order valence-corrected chi connectivity index (χ2v) is 4.63. The highest BCUT2D eigenvalue weighted by molar-refractivity contribution is 5.76. The molecule has 0 spiro atoms. The summed E-state index contributed by atoms with van der Waals surface area (Å²) < 4.78 is 5.18. The molecule has 0 aromatic heterocycles. The lowest BCUT2D eigenvalue weighted by molar-refractivity contribution is -0.137. The lowest BCUT2D eigenvalue weighted by Crippen LogP contribution is -2.48. The quantitative estimate of drug-likeness (QED) is 0.612. The van der Waals surface area contributed by atoms with E-state index in [9.17, 15) is 9.59 Å². The molecule has 0 rings (SSSR count). The van der Waals surface area contributed by atoms with E-state index in [0.717, 1.165) is 0 Å². The third-order valence-corrected chi connectivity index (χ3v) is 2.47. The molecule has 18 heavy (non-hydrogen) atoms. The van der Waals surface area contributed by atoms with Crippen LogP contribution in [0.25, 0.3) is 0 Å². The maximum absolute atomic E-state index is 11.6. The van der Waals surface area contributed by atoms with E-state index in [1.165, 1.54) is 0 Å². The number of nitrogens with one attached hydrogen (secondary N) is 2. The molecule has 0 aromatic carbocycles. The van der Waals surface area contributed by atoms with E-state index in [0.29, 0.717) is 13.2 Å². The van der Waals surface area contributed by atoms with Crippen molar-refractivity contribution in [2.45, 2.75) is 46.2 Å². The molecule has 0 aliphatic carbocycles. The fourth-order valence-corrected chi connectivity index (χ4v) is 1.41. The minimum absolute atomic E-state index is 0.0639. The second-order valence-electron chi connectivity index (χ2n) is 4.63. The van der Waals surface area contributed by atoms with E-state index in [2.05, 4.69) is 10.6 Å². The minimum Gasteiger partial charge on any atom is -0.481 e. The predicted octanol–water partition coefficient (Wildman–Crippen LogP) is 1.21. The molecular formula is C12H24N2O4. The van der Waals surface area contributed by atoms with Crippen molar-refractivity contribution < 1.29 is 19.4 Å². The Kier molecular flexibility index (Phi) is 8.11. The highest BCUT2D eigenvalue weighted by atomic mass is 16.5. The van der Waals surface area contributed by atoms with Crippen LogP contribution in [0.2, 0.25) is 0 Å². The van der Waals surface area contributed by atoms with Gasteiger partial charge in [0.1, 0.15) is 0 Å². The summed E-state index contributed by atoms with van der Waals surface area (Å²) in [5.41, 5.74) is 0. The van der Waals surface area contributed by atoms with Gasteiger partial charge in [0.15, 0.2) is 0 Å². The first-order valence-corrected chi connectivity index (χ1v) is 6.23. The average molecular weight is 260 g/mol. The minimum atomic E-state index is -0.920. The van der Waals surface area contributed by atoms with Crippen molar-refractivity contribution in [3.8, 4) is 0 Å². The Hall–Kier alpha value is -1.30. The van der Waals surface area contributed by atoms with Crippen molar-refractivity contribution in [2.75, 3.05) is 13.2 Å². The molecule has 0 bridgehead atoms. The van der Waals surface area contributed by atoms with E-state index in [-0.39, 0.29) is 30.5 Å². The van der Waals surface area contributed by atoms with E-state index in [1.807, 2.05) is 27.7 Å². The zero-order chi connectivity index (χ0) is 14.1. The summed E-state index contributed by atoms with van der Waals surface area (Å²) in [7, 11) is 0. The van der Waals surface area contributed by atoms with Crippen molar-refractivity contribution in [1.29, 1.82) is 0 Å². The van der Waals surface area contributed by atoms with Crippen molar-refractivity contribution >= 4 is 12.0 Å². The Labute approximate surface area is 108 Å². The zero-order valence-electron chi connectivity index (χ0n) is 11.5. The summed E-state index contributed by atoms with van der Waals surface area (Å²) in [6, 6.07) is -0.841. The van der Waals surface area contributed by atoms with Crippen molar-refractivity contribution in [3.05, 3.63) is 0 Å². The van der Waals surface area contributed by atoms with Gasteiger partial charge in [-0.2, -0.15) is 0 Å². The first-order valence-electron chi connectivity index (χ1n) is 6.23. The Morgan fingerprint density at radius 3 is 2.28 bits per heavy atom. The van der Waals surface area contributed by atoms with Crippen LogP contribution in [-0.4, -0.2) is 42.4 Å². The summed E-state index contributed by atoms with van der Waals surface area (Å²) >= 11 is 0. The van der Waals surface area contributed by atoms with Gasteiger partial charge in [-0.25, -0.2) is 4.79 Å². The van der Waals surface area contributed by atoms with Crippen LogP contribution in [0.15, 0.2) is 0 Å². The van der Waals surface area contributed by atoms with E-state index in [1.54, 1.807) is 0 Å². The maximum Gasteiger partial charge on any atom is 0.315 e. The molecule has 0 aliphatic rings. The molecule has 2 amide bonds. The van der Waals surface area contributed by atoms with Gasteiger partial charge in [-0.3, -0.25) is 4.79 Å². The molecule has 3 N–H and O–H groups in total. The van der Waals surface area contributed by atoms with Crippen LogP contribution in [0.4, 0.5) is 4.79 Å². The van der Waals surface area contributed by atoms with Gasteiger partial charge in [0.05, 0.1) is 19.1 Å². The molecular weight excluding hydrogens is 236 g/mol. The van der Waals surface area contributed by atoms with Crippen LogP contribution in [0.3, 0.4) is 0 Å². The van der Waals surface area contributed by atoms with Crippen molar-refractivity contribution in [2.24, 2.45) is 5.92 Å². The second kappa shape index (κ2) is 8.74. The van der Waals surface area contributed by atoms with Gasteiger partial charge < -0.3 is 20.5 Å². The first-order chi connectivity index (χ1) is 8.36. The third-order valence-electron chi connectivity index (χ3n) is 2.47. The molecule has 0 radical (unpaired) electrons. The van der Waals surface area contributed by atoms with Crippen molar-refractivity contribution in [1.82, 2.24) is 10.6 Å². The molecule has 0 heterocycles. The number of hydrogen-bond donors (Lipinski definition) is 3. The number of ether oxygens (including phenoxy) is 1. The summed E-state index contributed by atoms with van der Waals surface area (Å²) in [5.74, 6) is -0.856. The lowest BCUT2D eigenvalue weighted by Gasteiger charge is -2.22. The van der Waals surface area contributed by atoms with Gasteiger partial charge >= 0.3 is 12.0 Å². The summed E-state index contributed by atoms with van der Waals surface area (Å²) in [5, 5.41) is 14.1. The Morgan fingerprint density at radius 1 is 1.22 bits per heavy atom. The fraction of sp³-hybridized carbons (Fsp3) is 0.833. The number of amides is 2. The van der Waals surface area contributed by atoms with Gasteiger partial charge in [0.25, 0.3) is 0 Å². The molecule has 106 valence electrons. The van der Waals surface area contributed by atoms with Gasteiger partial charge in [0.2, 0.25) is 0 Å². The van der Waals surface area contributed by atoms with Crippen LogP contribution < -0.4 is 10.6 Å². The molecule has 2 atom stereocenters. The molecule has 0 saturated carbocycles. The molecule has 6 heteroatoms. The van der Waals surface area contributed by atoms with E-state index < -0.39 is 5.97 Å². The lowest BCUT2D eigenvalue weighted by atomic mass is 10.0. The van der Waals surface area contributed by atoms with Gasteiger partial charge in [-0.15, -0.1) is 0 Å². The average Bonchev–Trinajstić information content (AvgIpc) is 2.24. The largest absolute Gasteiger partial charge is 0.481 e. The highest BCUT2D eigenvalue weighted by Gasteiger charge is 2.19. The van der Waals surface area contributed by atoms with Crippen LogP contribution in [0.1, 0.15) is 34.1 Å². The smallest absolute Gasteiger partial charge is 0.315 e. The van der Waals surface area contributed by atoms with Crippen LogP contribution in [0.5, 0.6) is 0 Å². The van der Waals surface area contributed by atoms with Crippen LogP contribution in [-0.2, 0) is 9.53 Å². The topological polar surface area (TPSA) is 87.7 Å². The number of carbonyl (C=O) groups excluding carboxylic acids is 1. The number of aliphatic carboxylic acids is 1. The highest BCUT2D eigenvalue weighted by Crippen LogP contribution is 2.05. The van der Waals surface area contributed by atoms with Crippen LogP contribution >= 0.6 is 0 Å². The number of rotatable bonds is 8. The monoisotopic (exact) mass is 260 g/mol. The standard InChI is InChI=1S/C12H24N2O4/c1-5-18-7-9(4)13-12(17)14-10(8(2)3)6-11(15)16/h8-10H,5-7H2,1-4H3,(H,15,16)(H2,13,14,17). The Balaban J connectivity index is 4.13. The molecule has 6 nitrogen and oxygen atoms in total. The maximum atomic E-state index is 11.6. The van der Waals surface area contributed by atoms with Crippen LogP contribution in [0, 0.1) is 5.92 Å². The van der Waals surface area contributed by atoms with E-state index in [4.69, 9.17) is 9.84 Å². The normalized spacial score (nSPS) is 14.1. The summed E-state index contributed by atoms with van der Waals surface area (Å²) in [4.78, 5) is 22.3. The predicted molar refractivity (Wildman–Crippen MR) is 68.5 cm³/mol.